The molecule has 2 aliphatic heterocycles. The number of ether oxygens (including phenoxy) is 2. The van der Waals surface area contributed by atoms with Crippen molar-refractivity contribution in [2.75, 3.05) is 39.7 Å². The van der Waals surface area contributed by atoms with Gasteiger partial charge >= 0.3 is 0 Å². The second kappa shape index (κ2) is 7.64. The summed E-state index contributed by atoms with van der Waals surface area (Å²) in [6, 6.07) is 12.2. The number of anilines is 1. The monoisotopic (exact) mass is 379 g/mol. The van der Waals surface area contributed by atoms with Gasteiger partial charge in [-0.2, -0.15) is 0 Å². The third-order valence-corrected chi connectivity index (χ3v) is 5.65. The molecule has 2 aromatic rings. The molecular weight excluding hydrogens is 354 g/mol. The maximum Gasteiger partial charge on any atom is 0.211 e. The minimum Gasteiger partial charge on any atom is -0.493 e. The standard InChI is InChI=1S/C22H25N3O3/c1-25-8-7-19-18(12-25)16-10-20(27-2)21(28-3)11-17(16)22(24-19)14-5-4-6-15(9-14)23-13-26/h4-6,9-11,13,18-19H,7-8,12H2,1-3H3,(H,23,26). The molecule has 0 aromatic heterocycles. The number of likely N-dealkylation sites (tertiary alicyclic amines) is 1. The quantitative estimate of drug-likeness (QED) is 0.812. The van der Waals surface area contributed by atoms with Crippen LogP contribution in [0.2, 0.25) is 0 Å². The summed E-state index contributed by atoms with van der Waals surface area (Å²) >= 11 is 0. The van der Waals surface area contributed by atoms with Crippen LogP contribution in [0.3, 0.4) is 0 Å². The first-order chi connectivity index (χ1) is 13.6. The van der Waals surface area contributed by atoms with Gasteiger partial charge in [0, 0.05) is 29.3 Å². The molecule has 0 bridgehead atoms. The van der Waals surface area contributed by atoms with Gasteiger partial charge in [0.05, 0.1) is 26.0 Å². The highest BCUT2D eigenvalue weighted by Gasteiger charge is 2.36. The molecule has 2 aliphatic rings. The lowest BCUT2D eigenvalue weighted by atomic mass is 9.79. The third kappa shape index (κ3) is 3.24. The van der Waals surface area contributed by atoms with Crippen LogP contribution in [0.15, 0.2) is 41.4 Å². The van der Waals surface area contributed by atoms with Gasteiger partial charge in [-0.15, -0.1) is 0 Å². The van der Waals surface area contributed by atoms with Crippen molar-refractivity contribution in [3.05, 3.63) is 53.1 Å². The number of likely N-dealkylation sites (N-methyl/N-ethyl adjacent to an activating group) is 1. The number of carbonyl (C=O) groups excluding carboxylic acids is 1. The molecule has 2 unspecified atom stereocenters. The average molecular weight is 379 g/mol. The molecule has 2 heterocycles. The summed E-state index contributed by atoms with van der Waals surface area (Å²) in [6.07, 6.45) is 1.71. The van der Waals surface area contributed by atoms with Gasteiger partial charge in [0.1, 0.15) is 0 Å². The Balaban J connectivity index is 1.88. The number of amides is 1. The number of fused-ring (bicyclic) bond motifs is 3. The molecule has 0 saturated carbocycles. The lowest BCUT2D eigenvalue weighted by Gasteiger charge is -2.39. The number of nitrogens with zero attached hydrogens (tertiary/aromatic N) is 2. The number of nitrogens with one attached hydrogen (secondary N) is 1. The number of piperidine rings is 1. The Morgan fingerprint density at radius 1 is 1.18 bits per heavy atom. The fourth-order valence-electron chi connectivity index (χ4n) is 4.26. The summed E-state index contributed by atoms with van der Waals surface area (Å²) in [5.41, 5.74) is 4.99. The van der Waals surface area contributed by atoms with Crippen molar-refractivity contribution in [1.29, 1.82) is 0 Å². The van der Waals surface area contributed by atoms with Crippen LogP contribution in [0.25, 0.3) is 0 Å². The highest BCUT2D eigenvalue weighted by molar-refractivity contribution is 6.15. The fraction of sp³-hybridized carbons (Fsp3) is 0.364. The molecular formula is C22H25N3O3. The van der Waals surface area contributed by atoms with E-state index in [0.717, 1.165) is 47.8 Å². The zero-order valence-corrected chi connectivity index (χ0v) is 16.4. The van der Waals surface area contributed by atoms with Crippen LogP contribution >= 0.6 is 0 Å². The summed E-state index contributed by atoms with van der Waals surface area (Å²) in [6.45, 7) is 2.00. The molecule has 4 rings (SSSR count). The van der Waals surface area contributed by atoms with E-state index in [9.17, 15) is 4.79 Å². The number of hydrogen-bond acceptors (Lipinski definition) is 5. The van der Waals surface area contributed by atoms with E-state index < -0.39 is 0 Å². The van der Waals surface area contributed by atoms with Gasteiger partial charge in [-0.3, -0.25) is 9.79 Å². The smallest absolute Gasteiger partial charge is 0.211 e. The van der Waals surface area contributed by atoms with E-state index in [1.807, 2.05) is 30.3 Å². The number of methoxy groups -OCH3 is 2. The number of carbonyl (C=O) groups is 1. The highest BCUT2D eigenvalue weighted by Crippen LogP contribution is 2.42. The first-order valence-corrected chi connectivity index (χ1v) is 9.48. The molecule has 1 amide bonds. The predicted molar refractivity (Wildman–Crippen MR) is 110 cm³/mol. The van der Waals surface area contributed by atoms with Crippen LogP contribution in [0.5, 0.6) is 11.5 Å². The lowest BCUT2D eigenvalue weighted by Crippen LogP contribution is -2.41. The predicted octanol–water partition coefficient (Wildman–Crippen LogP) is 2.91. The summed E-state index contributed by atoms with van der Waals surface area (Å²) in [7, 11) is 5.47. The number of hydrogen-bond donors (Lipinski definition) is 1. The summed E-state index contributed by atoms with van der Waals surface area (Å²) in [5.74, 6) is 1.76. The molecule has 6 heteroatoms. The minimum atomic E-state index is 0.236. The molecule has 0 aliphatic carbocycles. The van der Waals surface area contributed by atoms with Crippen LogP contribution < -0.4 is 14.8 Å². The molecule has 0 spiro atoms. The first-order valence-electron chi connectivity index (χ1n) is 9.48. The van der Waals surface area contributed by atoms with Gasteiger partial charge in [0.15, 0.2) is 11.5 Å². The summed E-state index contributed by atoms with van der Waals surface area (Å²) < 4.78 is 11.1. The largest absolute Gasteiger partial charge is 0.493 e. The maximum atomic E-state index is 10.9. The van der Waals surface area contributed by atoms with Crippen molar-refractivity contribution in [1.82, 2.24) is 4.90 Å². The zero-order valence-electron chi connectivity index (χ0n) is 16.4. The van der Waals surface area contributed by atoms with Gasteiger partial charge in [-0.1, -0.05) is 12.1 Å². The van der Waals surface area contributed by atoms with E-state index in [1.54, 1.807) is 14.2 Å². The second-order valence-corrected chi connectivity index (χ2v) is 7.34. The molecule has 1 fully saturated rings. The van der Waals surface area contributed by atoms with E-state index in [1.165, 1.54) is 5.56 Å². The Kier molecular flexibility index (Phi) is 5.05. The van der Waals surface area contributed by atoms with Crippen LogP contribution in [-0.2, 0) is 4.79 Å². The van der Waals surface area contributed by atoms with E-state index in [2.05, 4.69) is 23.3 Å². The van der Waals surface area contributed by atoms with Crippen LogP contribution in [0, 0.1) is 0 Å². The van der Waals surface area contributed by atoms with Crippen molar-refractivity contribution in [2.24, 2.45) is 4.99 Å². The average Bonchev–Trinajstić information content (AvgIpc) is 2.72. The summed E-state index contributed by atoms with van der Waals surface area (Å²) in [5, 5.41) is 2.73. The number of rotatable bonds is 5. The Bertz CT molecular complexity index is 925. The van der Waals surface area contributed by atoms with E-state index in [-0.39, 0.29) is 6.04 Å². The van der Waals surface area contributed by atoms with Crippen molar-refractivity contribution in [3.8, 4) is 11.5 Å². The van der Waals surface area contributed by atoms with E-state index in [0.29, 0.717) is 18.1 Å². The molecule has 2 aromatic carbocycles. The van der Waals surface area contributed by atoms with Crippen molar-refractivity contribution < 1.29 is 14.3 Å². The van der Waals surface area contributed by atoms with Gasteiger partial charge in [-0.25, -0.2) is 0 Å². The SMILES string of the molecule is COc1cc2c(cc1OC)C1CN(C)CCC1N=C2c1cccc(NC=O)c1. The molecule has 2 atom stereocenters. The van der Waals surface area contributed by atoms with Gasteiger partial charge in [0.2, 0.25) is 6.41 Å². The van der Waals surface area contributed by atoms with Crippen LogP contribution in [0.1, 0.15) is 29.0 Å². The van der Waals surface area contributed by atoms with Crippen LogP contribution in [-0.4, -0.2) is 57.4 Å². The normalized spacial score (nSPS) is 21.2. The van der Waals surface area contributed by atoms with Gasteiger partial charge in [0.25, 0.3) is 0 Å². The van der Waals surface area contributed by atoms with Gasteiger partial charge < -0.3 is 19.7 Å². The third-order valence-electron chi connectivity index (χ3n) is 5.65. The first kappa shape index (κ1) is 18.5. The Hall–Kier alpha value is -2.86. The molecule has 1 saturated heterocycles. The second-order valence-electron chi connectivity index (χ2n) is 7.34. The van der Waals surface area contributed by atoms with Gasteiger partial charge in [-0.05, 0) is 49.8 Å². The Morgan fingerprint density at radius 2 is 1.96 bits per heavy atom. The zero-order chi connectivity index (χ0) is 19.7. The molecule has 1 N–H and O–H groups in total. The van der Waals surface area contributed by atoms with E-state index in [4.69, 9.17) is 14.5 Å². The number of benzene rings is 2. The Morgan fingerprint density at radius 3 is 2.71 bits per heavy atom. The molecule has 28 heavy (non-hydrogen) atoms. The van der Waals surface area contributed by atoms with Crippen molar-refractivity contribution >= 4 is 17.8 Å². The summed E-state index contributed by atoms with van der Waals surface area (Å²) in [4.78, 5) is 18.4. The topological polar surface area (TPSA) is 63.2 Å². The Labute approximate surface area is 165 Å². The molecule has 146 valence electrons. The lowest BCUT2D eigenvalue weighted by molar-refractivity contribution is -0.105. The van der Waals surface area contributed by atoms with E-state index >= 15 is 0 Å². The van der Waals surface area contributed by atoms with Crippen LogP contribution in [0.4, 0.5) is 5.69 Å². The maximum absolute atomic E-state index is 10.9. The van der Waals surface area contributed by atoms with Crippen molar-refractivity contribution in [2.45, 2.75) is 18.4 Å². The highest BCUT2D eigenvalue weighted by atomic mass is 16.5. The van der Waals surface area contributed by atoms with Crippen molar-refractivity contribution in [3.63, 3.8) is 0 Å². The number of aliphatic imine (C=N–C) groups is 1. The molecule has 0 radical (unpaired) electrons. The fourth-order valence-corrected chi connectivity index (χ4v) is 4.26. The minimum absolute atomic E-state index is 0.236. The molecule has 6 nitrogen and oxygen atoms in total.